The maximum atomic E-state index is 13.5. The predicted octanol–water partition coefficient (Wildman–Crippen LogP) is 3.06. The summed E-state index contributed by atoms with van der Waals surface area (Å²) < 4.78 is 0. The molecule has 1 aromatic carbocycles. The molecule has 1 aromatic heterocycles. The molecule has 2 aliphatic heterocycles. The molecule has 1 fully saturated rings. The van der Waals surface area contributed by atoms with Crippen LogP contribution in [0.2, 0.25) is 0 Å². The van der Waals surface area contributed by atoms with Crippen molar-refractivity contribution in [2.75, 3.05) is 39.0 Å². The minimum Gasteiger partial charge on any atom is -0.364 e. The van der Waals surface area contributed by atoms with Gasteiger partial charge in [-0.15, -0.1) is 0 Å². The Kier molecular flexibility index (Phi) is 7.16. The Hall–Kier alpha value is -3.33. The summed E-state index contributed by atoms with van der Waals surface area (Å²) in [6.07, 6.45) is 3.25. The van der Waals surface area contributed by atoms with E-state index in [1.54, 1.807) is 0 Å². The van der Waals surface area contributed by atoms with Crippen molar-refractivity contribution in [2.24, 2.45) is 0 Å². The number of aromatic amines is 1. The minimum atomic E-state index is -0.539. The molecule has 3 N–H and O–H groups in total. The molecule has 188 valence electrons. The molecule has 2 aliphatic rings. The zero-order valence-corrected chi connectivity index (χ0v) is 21.2. The third kappa shape index (κ3) is 5.19. The zero-order valence-electron chi connectivity index (χ0n) is 21.2. The van der Waals surface area contributed by atoms with Gasteiger partial charge in [-0.2, -0.15) is 5.10 Å². The molecule has 0 aliphatic carbocycles. The molecule has 1 saturated heterocycles. The molecule has 0 radical (unpaired) electrons. The molecule has 1 unspecified atom stereocenters. The van der Waals surface area contributed by atoms with Gasteiger partial charge >= 0.3 is 6.03 Å². The number of anilines is 1. The number of urea groups is 1. The second-order valence-electron chi connectivity index (χ2n) is 10.2. The van der Waals surface area contributed by atoms with Crippen molar-refractivity contribution in [3.8, 4) is 0 Å². The van der Waals surface area contributed by atoms with Crippen molar-refractivity contribution >= 4 is 17.8 Å². The Balaban J connectivity index is 1.48. The lowest BCUT2D eigenvalue weighted by Gasteiger charge is -2.34. The van der Waals surface area contributed by atoms with E-state index in [0.29, 0.717) is 19.6 Å². The smallest absolute Gasteiger partial charge is 0.319 e. The van der Waals surface area contributed by atoms with E-state index in [2.05, 4.69) is 32.3 Å². The molecular formula is C26H37N7O2. The first-order valence-corrected chi connectivity index (χ1v) is 12.2. The number of H-pyrrole nitrogens is 1. The molecule has 2 atom stereocenters. The van der Waals surface area contributed by atoms with E-state index in [9.17, 15) is 9.59 Å². The highest BCUT2D eigenvalue weighted by atomic mass is 16.2. The van der Waals surface area contributed by atoms with E-state index in [4.69, 9.17) is 0 Å². The number of rotatable bonds is 7. The van der Waals surface area contributed by atoms with Crippen molar-refractivity contribution in [3.63, 3.8) is 0 Å². The van der Waals surface area contributed by atoms with Crippen molar-refractivity contribution in [2.45, 2.75) is 50.9 Å². The second kappa shape index (κ2) is 10.1. The third-order valence-electron chi connectivity index (χ3n) is 7.01. The highest BCUT2D eigenvalue weighted by Crippen LogP contribution is 2.41. The SMILES string of the molecule is C=CC(=O)N1CCCC(Nc2n[nH]c3c2CN(C(=O)N[C@H](CN(C)C)c2ccccc2)C3(C)C)C1. The molecule has 0 bridgehead atoms. The first kappa shape index (κ1) is 24.8. The van der Waals surface area contributed by atoms with Crippen molar-refractivity contribution in [1.29, 1.82) is 0 Å². The van der Waals surface area contributed by atoms with Crippen LogP contribution in [-0.4, -0.2) is 76.6 Å². The molecule has 3 amide bonds. The van der Waals surface area contributed by atoms with E-state index >= 15 is 0 Å². The van der Waals surface area contributed by atoms with Gasteiger partial charge in [0.2, 0.25) is 5.91 Å². The number of nitrogens with one attached hydrogen (secondary N) is 3. The fraction of sp³-hybridized carbons (Fsp3) is 0.500. The minimum absolute atomic E-state index is 0.0431. The largest absolute Gasteiger partial charge is 0.364 e. The number of amides is 3. The Labute approximate surface area is 207 Å². The van der Waals surface area contributed by atoms with E-state index in [0.717, 1.165) is 42.0 Å². The number of likely N-dealkylation sites (tertiary alicyclic amines) is 1. The van der Waals surface area contributed by atoms with Gasteiger partial charge in [0, 0.05) is 31.2 Å². The van der Waals surface area contributed by atoms with Gasteiger partial charge in [-0.05, 0) is 52.4 Å². The van der Waals surface area contributed by atoms with E-state index in [-0.39, 0.29) is 24.0 Å². The molecule has 0 spiro atoms. The lowest BCUT2D eigenvalue weighted by Crippen LogP contribution is -2.48. The summed E-state index contributed by atoms with van der Waals surface area (Å²) in [5.41, 5.74) is 2.48. The topological polar surface area (TPSA) is 96.6 Å². The number of likely N-dealkylation sites (N-methyl/N-ethyl adjacent to an activating group) is 1. The van der Waals surface area contributed by atoms with Crippen LogP contribution < -0.4 is 10.6 Å². The monoisotopic (exact) mass is 479 g/mol. The molecular weight excluding hydrogens is 442 g/mol. The third-order valence-corrected chi connectivity index (χ3v) is 7.01. The highest BCUT2D eigenvalue weighted by Gasteiger charge is 2.44. The number of carbonyl (C=O) groups excluding carboxylic acids is 2. The Morgan fingerprint density at radius 3 is 2.74 bits per heavy atom. The molecule has 2 aromatic rings. The van der Waals surface area contributed by atoms with Gasteiger partial charge < -0.3 is 25.3 Å². The zero-order chi connectivity index (χ0) is 25.2. The summed E-state index contributed by atoms with van der Waals surface area (Å²) in [5, 5.41) is 14.5. The highest BCUT2D eigenvalue weighted by molar-refractivity contribution is 5.87. The van der Waals surface area contributed by atoms with Crippen molar-refractivity contribution in [1.82, 2.24) is 30.2 Å². The van der Waals surface area contributed by atoms with Crippen LogP contribution in [0.25, 0.3) is 0 Å². The second-order valence-corrected chi connectivity index (χ2v) is 10.2. The number of piperidine rings is 1. The van der Waals surface area contributed by atoms with Gasteiger partial charge in [0.05, 0.1) is 23.8 Å². The summed E-state index contributed by atoms with van der Waals surface area (Å²) in [6.45, 7) is 10.2. The van der Waals surface area contributed by atoms with Crippen LogP contribution in [0.5, 0.6) is 0 Å². The summed E-state index contributed by atoms with van der Waals surface area (Å²) in [6, 6.07) is 9.93. The normalized spacial score (nSPS) is 19.9. The van der Waals surface area contributed by atoms with Gasteiger partial charge in [0.1, 0.15) is 0 Å². The molecule has 9 heteroatoms. The van der Waals surface area contributed by atoms with Gasteiger partial charge in [-0.3, -0.25) is 9.89 Å². The van der Waals surface area contributed by atoms with Gasteiger partial charge in [-0.1, -0.05) is 36.9 Å². The average Bonchev–Trinajstić information content (AvgIpc) is 3.36. The quantitative estimate of drug-likeness (QED) is 0.531. The summed E-state index contributed by atoms with van der Waals surface area (Å²) in [5.74, 6) is 0.715. The van der Waals surface area contributed by atoms with Crippen LogP contribution in [-0.2, 0) is 16.9 Å². The van der Waals surface area contributed by atoms with Crippen LogP contribution >= 0.6 is 0 Å². The molecule has 0 saturated carbocycles. The van der Waals surface area contributed by atoms with Crippen LogP contribution in [0.1, 0.15) is 49.6 Å². The fourth-order valence-corrected chi connectivity index (χ4v) is 5.09. The number of aromatic nitrogens is 2. The number of hydrogen-bond donors (Lipinski definition) is 3. The molecule has 4 rings (SSSR count). The number of hydrogen-bond acceptors (Lipinski definition) is 5. The number of benzene rings is 1. The Morgan fingerprint density at radius 1 is 1.31 bits per heavy atom. The lowest BCUT2D eigenvalue weighted by atomic mass is 10.0. The van der Waals surface area contributed by atoms with Gasteiger partial charge in [-0.25, -0.2) is 4.79 Å². The van der Waals surface area contributed by atoms with Gasteiger partial charge in [0.25, 0.3) is 0 Å². The summed E-state index contributed by atoms with van der Waals surface area (Å²) in [4.78, 5) is 31.4. The van der Waals surface area contributed by atoms with E-state index in [1.165, 1.54) is 6.08 Å². The molecule has 35 heavy (non-hydrogen) atoms. The van der Waals surface area contributed by atoms with Crippen LogP contribution in [0, 0.1) is 0 Å². The molecule has 9 nitrogen and oxygen atoms in total. The van der Waals surface area contributed by atoms with E-state index in [1.807, 2.05) is 68.1 Å². The van der Waals surface area contributed by atoms with Crippen LogP contribution in [0.4, 0.5) is 10.6 Å². The average molecular weight is 480 g/mol. The Morgan fingerprint density at radius 2 is 2.06 bits per heavy atom. The predicted molar refractivity (Wildman–Crippen MR) is 137 cm³/mol. The van der Waals surface area contributed by atoms with Crippen molar-refractivity contribution in [3.05, 3.63) is 59.8 Å². The maximum absolute atomic E-state index is 13.5. The standard InChI is InChI=1S/C26H37N7O2/c1-6-22(34)32-14-10-13-19(15-32)27-24-20-16-33(26(2,3)23(20)29-30-24)25(35)28-21(17-31(4)5)18-11-8-7-9-12-18/h6-9,11-12,19,21H,1,10,13-17H2,2-5H3,(H,28,35)(H2,27,29,30)/t19?,21-/m1/s1. The number of fused-ring (bicyclic) bond motifs is 1. The molecule has 3 heterocycles. The van der Waals surface area contributed by atoms with E-state index < -0.39 is 5.54 Å². The number of carbonyl (C=O) groups is 2. The lowest BCUT2D eigenvalue weighted by molar-refractivity contribution is -0.127. The summed E-state index contributed by atoms with van der Waals surface area (Å²) in [7, 11) is 4.01. The summed E-state index contributed by atoms with van der Waals surface area (Å²) >= 11 is 0. The maximum Gasteiger partial charge on any atom is 0.319 e. The van der Waals surface area contributed by atoms with Crippen LogP contribution in [0.15, 0.2) is 43.0 Å². The number of nitrogens with zero attached hydrogens (tertiary/aromatic N) is 4. The first-order chi connectivity index (χ1) is 16.7. The van der Waals surface area contributed by atoms with Crippen LogP contribution in [0.3, 0.4) is 0 Å². The fourth-order valence-electron chi connectivity index (χ4n) is 5.09. The Bertz CT molecular complexity index is 1060. The first-order valence-electron chi connectivity index (χ1n) is 12.2. The van der Waals surface area contributed by atoms with Gasteiger partial charge in [0.15, 0.2) is 5.82 Å². The van der Waals surface area contributed by atoms with Crippen molar-refractivity contribution < 1.29 is 9.59 Å².